The van der Waals surface area contributed by atoms with Gasteiger partial charge in [0.05, 0.1) is 6.10 Å². The molecule has 0 aliphatic carbocycles. The van der Waals surface area contributed by atoms with E-state index < -0.39 is 0 Å². The van der Waals surface area contributed by atoms with Gasteiger partial charge < -0.3 is 20.3 Å². The first-order chi connectivity index (χ1) is 13.1. The summed E-state index contributed by atoms with van der Waals surface area (Å²) in [6, 6.07) is 7.78. The molecule has 2 fully saturated rings. The molecule has 0 bridgehead atoms. The van der Waals surface area contributed by atoms with Crippen molar-refractivity contribution in [3.63, 3.8) is 0 Å². The predicted molar refractivity (Wildman–Crippen MR) is 106 cm³/mol. The molecule has 2 heterocycles. The molecule has 2 atom stereocenters. The Morgan fingerprint density at radius 2 is 2.00 bits per heavy atom. The first-order valence-corrected chi connectivity index (χ1v) is 10.1. The number of ether oxygens (including phenoxy) is 1. The van der Waals surface area contributed by atoms with Crippen molar-refractivity contribution in [1.82, 2.24) is 10.2 Å². The van der Waals surface area contributed by atoms with Crippen LogP contribution in [0.3, 0.4) is 0 Å². The fourth-order valence-electron chi connectivity index (χ4n) is 3.78. The van der Waals surface area contributed by atoms with E-state index in [0.717, 1.165) is 57.5 Å². The number of nitrogens with zero attached hydrogens (tertiary/aromatic N) is 1. The zero-order valence-electron chi connectivity index (χ0n) is 16.2. The minimum absolute atomic E-state index is 0.0496. The predicted octanol–water partition coefficient (Wildman–Crippen LogP) is 3.31. The Morgan fingerprint density at radius 3 is 2.74 bits per heavy atom. The molecule has 0 radical (unpaired) electrons. The van der Waals surface area contributed by atoms with Crippen molar-refractivity contribution in [3.8, 4) is 0 Å². The van der Waals surface area contributed by atoms with Gasteiger partial charge in [-0.1, -0.05) is 17.7 Å². The number of nitrogens with one attached hydrogen (secondary N) is 2. The SMILES string of the molecule is Cc1ccc(NC(=O)N2CCCC(CCC(=O)NCC3CCCO3)C2)cc1. The lowest BCUT2D eigenvalue weighted by Crippen LogP contribution is -2.42. The molecule has 6 nitrogen and oxygen atoms in total. The summed E-state index contributed by atoms with van der Waals surface area (Å²) in [5.74, 6) is 0.475. The molecular formula is C21H31N3O3. The minimum atomic E-state index is -0.0496. The molecule has 3 amide bonds. The molecule has 2 N–H and O–H groups in total. The van der Waals surface area contributed by atoms with E-state index >= 15 is 0 Å². The zero-order valence-corrected chi connectivity index (χ0v) is 16.2. The number of benzene rings is 1. The molecule has 148 valence electrons. The van der Waals surface area contributed by atoms with Gasteiger partial charge in [0.1, 0.15) is 0 Å². The maximum atomic E-state index is 12.5. The van der Waals surface area contributed by atoms with Crippen molar-refractivity contribution in [2.75, 3.05) is 31.6 Å². The first-order valence-electron chi connectivity index (χ1n) is 10.1. The number of likely N-dealkylation sites (tertiary alicyclic amines) is 1. The van der Waals surface area contributed by atoms with Crippen molar-refractivity contribution in [2.24, 2.45) is 5.92 Å². The van der Waals surface area contributed by atoms with Crippen LogP contribution < -0.4 is 10.6 Å². The van der Waals surface area contributed by atoms with Crippen LogP contribution in [0, 0.1) is 12.8 Å². The monoisotopic (exact) mass is 373 g/mol. The zero-order chi connectivity index (χ0) is 19.1. The van der Waals surface area contributed by atoms with Crippen molar-refractivity contribution in [2.45, 2.75) is 51.6 Å². The maximum Gasteiger partial charge on any atom is 0.321 e. The van der Waals surface area contributed by atoms with E-state index in [0.29, 0.717) is 18.9 Å². The average Bonchev–Trinajstić information content (AvgIpc) is 3.20. The second kappa shape index (κ2) is 9.74. The van der Waals surface area contributed by atoms with Gasteiger partial charge in [0, 0.05) is 38.3 Å². The second-order valence-electron chi connectivity index (χ2n) is 7.73. The minimum Gasteiger partial charge on any atom is -0.376 e. The quantitative estimate of drug-likeness (QED) is 0.804. The molecule has 27 heavy (non-hydrogen) atoms. The number of carbonyl (C=O) groups is 2. The Morgan fingerprint density at radius 1 is 1.19 bits per heavy atom. The van der Waals surface area contributed by atoms with Crippen molar-refractivity contribution in [1.29, 1.82) is 0 Å². The standard InChI is InChI=1S/C21H31N3O3/c1-16-6-9-18(10-7-16)23-21(26)24-12-2-4-17(15-24)8-11-20(25)22-14-19-5-3-13-27-19/h6-7,9-10,17,19H,2-5,8,11-15H2,1H3,(H,22,25)(H,23,26). The Bertz CT molecular complexity index is 626. The highest BCUT2D eigenvalue weighted by Crippen LogP contribution is 2.22. The second-order valence-corrected chi connectivity index (χ2v) is 7.73. The first kappa shape index (κ1) is 19.7. The molecule has 1 aromatic rings. The molecule has 2 aliphatic heterocycles. The van der Waals surface area contributed by atoms with Crippen molar-refractivity contribution in [3.05, 3.63) is 29.8 Å². The number of hydrogen-bond acceptors (Lipinski definition) is 3. The lowest BCUT2D eigenvalue weighted by atomic mass is 9.93. The van der Waals surface area contributed by atoms with Crippen LogP contribution in [0.1, 0.15) is 44.1 Å². The van der Waals surface area contributed by atoms with E-state index in [4.69, 9.17) is 4.74 Å². The fourth-order valence-corrected chi connectivity index (χ4v) is 3.78. The molecule has 6 heteroatoms. The Balaban J connectivity index is 1.38. The van der Waals surface area contributed by atoms with Crippen LogP contribution in [0.25, 0.3) is 0 Å². The number of carbonyl (C=O) groups excluding carboxylic acids is 2. The van der Waals surface area contributed by atoms with E-state index in [1.54, 1.807) is 0 Å². The summed E-state index contributed by atoms with van der Waals surface area (Å²) in [6.07, 6.45) is 5.72. The van der Waals surface area contributed by atoms with Gasteiger partial charge in [-0.3, -0.25) is 4.79 Å². The van der Waals surface area contributed by atoms with E-state index in [-0.39, 0.29) is 18.0 Å². The van der Waals surface area contributed by atoms with Crippen molar-refractivity contribution < 1.29 is 14.3 Å². The highest BCUT2D eigenvalue weighted by molar-refractivity contribution is 5.89. The molecule has 2 unspecified atom stereocenters. The van der Waals surface area contributed by atoms with Gasteiger partial charge in [-0.05, 0) is 57.1 Å². The summed E-state index contributed by atoms with van der Waals surface area (Å²) in [7, 11) is 0. The Kier molecular flexibility index (Phi) is 7.10. The molecule has 2 aliphatic rings. The van der Waals surface area contributed by atoms with Gasteiger partial charge in [-0.25, -0.2) is 4.79 Å². The van der Waals surface area contributed by atoms with E-state index in [1.165, 1.54) is 5.56 Å². The van der Waals surface area contributed by atoms with E-state index in [9.17, 15) is 9.59 Å². The van der Waals surface area contributed by atoms with Crippen molar-refractivity contribution >= 4 is 17.6 Å². The Labute approximate surface area is 161 Å². The number of anilines is 1. The fraction of sp³-hybridized carbons (Fsp3) is 0.619. The lowest BCUT2D eigenvalue weighted by molar-refractivity contribution is -0.121. The van der Waals surface area contributed by atoms with Crippen LogP contribution in [0.5, 0.6) is 0 Å². The molecule has 0 aromatic heterocycles. The number of piperidine rings is 1. The number of urea groups is 1. The summed E-state index contributed by atoms with van der Waals surface area (Å²) in [5, 5.41) is 5.95. The van der Waals surface area contributed by atoms with Crippen LogP contribution >= 0.6 is 0 Å². The summed E-state index contributed by atoms with van der Waals surface area (Å²) < 4.78 is 5.53. The van der Waals surface area contributed by atoms with Crippen LogP contribution in [0.15, 0.2) is 24.3 Å². The third-order valence-electron chi connectivity index (χ3n) is 5.44. The van der Waals surface area contributed by atoms with Gasteiger partial charge in [-0.15, -0.1) is 0 Å². The summed E-state index contributed by atoms with van der Waals surface area (Å²) >= 11 is 0. The van der Waals surface area contributed by atoms with Crippen LogP contribution in [0.2, 0.25) is 0 Å². The summed E-state index contributed by atoms with van der Waals surface area (Å²) in [6.45, 7) is 4.95. The van der Waals surface area contributed by atoms with E-state index in [2.05, 4.69) is 10.6 Å². The lowest BCUT2D eigenvalue weighted by Gasteiger charge is -2.32. The highest BCUT2D eigenvalue weighted by atomic mass is 16.5. The molecule has 2 saturated heterocycles. The molecule has 0 saturated carbocycles. The average molecular weight is 373 g/mol. The third kappa shape index (κ3) is 6.24. The van der Waals surface area contributed by atoms with Gasteiger partial charge >= 0.3 is 6.03 Å². The Hall–Kier alpha value is -2.08. The van der Waals surface area contributed by atoms with Gasteiger partial charge in [0.2, 0.25) is 5.91 Å². The maximum absolute atomic E-state index is 12.5. The number of aryl methyl sites for hydroxylation is 1. The van der Waals surface area contributed by atoms with Gasteiger partial charge in [0.15, 0.2) is 0 Å². The molecule has 3 rings (SSSR count). The largest absolute Gasteiger partial charge is 0.376 e. The molecule has 0 spiro atoms. The van der Waals surface area contributed by atoms with Gasteiger partial charge in [-0.2, -0.15) is 0 Å². The van der Waals surface area contributed by atoms with Crippen LogP contribution in [0.4, 0.5) is 10.5 Å². The number of amides is 3. The van der Waals surface area contributed by atoms with Crippen LogP contribution in [-0.2, 0) is 9.53 Å². The third-order valence-corrected chi connectivity index (χ3v) is 5.44. The van der Waals surface area contributed by atoms with E-state index in [1.807, 2.05) is 36.1 Å². The molecular weight excluding hydrogens is 342 g/mol. The summed E-state index contributed by atoms with van der Waals surface area (Å²) in [5.41, 5.74) is 1.99. The summed E-state index contributed by atoms with van der Waals surface area (Å²) in [4.78, 5) is 26.4. The number of hydrogen-bond donors (Lipinski definition) is 2. The molecule has 1 aromatic carbocycles. The topological polar surface area (TPSA) is 70.7 Å². The van der Waals surface area contributed by atoms with Crippen LogP contribution in [-0.4, -0.2) is 49.2 Å². The number of rotatable bonds is 6. The van der Waals surface area contributed by atoms with Gasteiger partial charge in [0.25, 0.3) is 0 Å². The smallest absolute Gasteiger partial charge is 0.321 e. The normalized spacial score (nSPS) is 22.5. The highest BCUT2D eigenvalue weighted by Gasteiger charge is 2.24.